The maximum Gasteiger partial charge on any atom is 0.0644 e. The minimum atomic E-state index is 0.150. The Labute approximate surface area is 125 Å². The molecule has 1 aliphatic rings. The number of hydrogen-bond donors (Lipinski definition) is 2. The number of nitrogens with zero attached hydrogens (tertiary/aromatic N) is 3. The lowest BCUT2D eigenvalue weighted by Gasteiger charge is -2.24. The van der Waals surface area contributed by atoms with Crippen LogP contribution in [0.3, 0.4) is 0 Å². The molecule has 114 valence electrons. The molecule has 0 bridgehead atoms. The Hall–Kier alpha value is -1.59. The summed E-state index contributed by atoms with van der Waals surface area (Å²) in [5.41, 5.74) is 3.93. The van der Waals surface area contributed by atoms with Crippen molar-refractivity contribution in [3.8, 4) is 0 Å². The van der Waals surface area contributed by atoms with Crippen LogP contribution in [0.25, 0.3) is 0 Å². The monoisotopic (exact) mass is 288 g/mol. The van der Waals surface area contributed by atoms with E-state index >= 15 is 0 Å². The predicted octanol–water partition coefficient (Wildman–Crippen LogP) is 1.86. The highest BCUT2D eigenvalue weighted by Gasteiger charge is 2.23. The smallest absolute Gasteiger partial charge is 0.0644 e. The summed E-state index contributed by atoms with van der Waals surface area (Å²) in [4.78, 5) is 0. The first kappa shape index (κ1) is 14.4. The second-order valence-electron chi connectivity index (χ2n) is 5.67. The zero-order valence-corrected chi connectivity index (χ0v) is 12.6. The summed E-state index contributed by atoms with van der Waals surface area (Å²) in [6.45, 7) is 4.81. The molecule has 0 fully saturated rings. The van der Waals surface area contributed by atoms with Crippen LogP contribution in [0, 0.1) is 0 Å². The normalized spacial score (nSPS) is 17.9. The summed E-state index contributed by atoms with van der Waals surface area (Å²) in [6, 6.07) is 2.56. The minimum Gasteiger partial charge on any atom is -0.394 e. The number of hydrogen-bond acceptors (Lipinski definition) is 3. The van der Waals surface area contributed by atoms with Gasteiger partial charge in [-0.3, -0.25) is 4.68 Å². The molecular formula is C16H24N4O. The van der Waals surface area contributed by atoms with Gasteiger partial charge in [0.15, 0.2) is 0 Å². The van der Waals surface area contributed by atoms with Crippen molar-refractivity contribution >= 4 is 0 Å². The van der Waals surface area contributed by atoms with Crippen LogP contribution in [-0.4, -0.2) is 26.1 Å². The maximum atomic E-state index is 9.10. The molecule has 1 unspecified atom stereocenters. The molecule has 0 aromatic carbocycles. The number of aryl methyl sites for hydroxylation is 1. The van der Waals surface area contributed by atoms with Gasteiger partial charge in [-0.25, -0.2) is 0 Å². The Balaban J connectivity index is 1.67. The lowest BCUT2D eigenvalue weighted by Crippen LogP contribution is -2.25. The second kappa shape index (κ2) is 6.45. The van der Waals surface area contributed by atoms with Crippen LogP contribution in [-0.2, 0) is 26.1 Å². The Morgan fingerprint density at radius 3 is 3.14 bits per heavy atom. The number of aliphatic hydroxyl groups excluding tert-OH is 1. The summed E-state index contributed by atoms with van der Waals surface area (Å²) in [5.74, 6) is 0. The first-order valence-electron chi connectivity index (χ1n) is 7.85. The van der Waals surface area contributed by atoms with E-state index in [-0.39, 0.29) is 6.61 Å². The molecule has 2 aromatic heterocycles. The van der Waals surface area contributed by atoms with E-state index in [0.717, 1.165) is 25.9 Å². The van der Waals surface area contributed by atoms with Gasteiger partial charge in [-0.05, 0) is 37.8 Å². The van der Waals surface area contributed by atoms with Crippen molar-refractivity contribution in [2.45, 2.75) is 51.9 Å². The fourth-order valence-corrected chi connectivity index (χ4v) is 3.15. The van der Waals surface area contributed by atoms with E-state index in [1.807, 2.05) is 10.9 Å². The van der Waals surface area contributed by atoms with Gasteiger partial charge in [0.25, 0.3) is 0 Å². The third kappa shape index (κ3) is 3.04. The van der Waals surface area contributed by atoms with Crippen LogP contribution in [0.15, 0.2) is 24.7 Å². The standard InChI is InChI=1S/C16H24N4O/c1-2-19-7-6-13(12-19)10-17-15-4-3-5-16-14(15)11-18-20(16)8-9-21/h6-7,11-12,15,17,21H,2-5,8-10H2,1H3. The molecule has 0 amide bonds. The summed E-state index contributed by atoms with van der Waals surface area (Å²) in [5, 5.41) is 17.2. The zero-order valence-electron chi connectivity index (χ0n) is 12.6. The fraction of sp³-hybridized carbons (Fsp3) is 0.562. The molecule has 0 saturated carbocycles. The first-order chi connectivity index (χ1) is 10.3. The van der Waals surface area contributed by atoms with E-state index in [9.17, 15) is 0 Å². The van der Waals surface area contributed by atoms with Crippen LogP contribution in [0.5, 0.6) is 0 Å². The molecule has 5 heteroatoms. The van der Waals surface area contributed by atoms with E-state index in [2.05, 4.69) is 40.4 Å². The van der Waals surface area contributed by atoms with E-state index in [1.165, 1.54) is 23.2 Å². The number of aliphatic hydroxyl groups is 1. The average molecular weight is 288 g/mol. The first-order valence-corrected chi connectivity index (χ1v) is 7.85. The van der Waals surface area contributed by atoms with Gasteiger partial charge in [-0.15, -0.1) is 0 Å². The van der Waals surface area contributed by atoms with E-state index in [4.69, 9.17) is 5.11 Å². The highest BCUT2D eigenvalue weighted by atomic mass is 16.3. The Morgan fingerprint density at radius 1 is 1.48 bits per heavy atom. The van der Waals surface area contributed by atoms with E-state index < -0.39 is 0 Å². The molecule has 1 aliphatic carbocycles. The van der Waals surface area contributed by atoms with Crippen molar-refractivity contribution in [1.82, 2.24) is 19.7 Å². The highest BCUT2D eigenvalue weighted by molar-refractivity contribution is 5.25. The van der Waals surface area contributed by atoms with E-state index in [0.29, 0.717) is 12.6 Å². The van der Waals surface area contributed by atoms with Crippen molar-refractivity contribution in [3.05, 3.63) is 41.5 Å². The number of fused-ring (bicyclic) bond motifs is 1. The van der Waals surface area contributed by atoms with Crippen LogP contribution < -0.4 is 5.32 Å². The molecule has 5 nitrogen and oxygen atoms in total. The van der Waals surface area contributed by atoms with Crippen LogP contribution in [0.4, 0.5) is 0 Å². The summed E-state index contributed by atoms with van der Waals surface area (Å²) in [6.07, 6.45) is 9.71. The lowest BCUT2D eigenvalue weighted by molar-refractivity contribution is 0.266. The quantitative estimate of drug-likeness (QED) is 0.853. The molecule has 0 radical (unpaired) electrons. The number of aromatic nitrogens is 3. The zero-order chi connectivity index (χ0) is 14.7. The third-order valence-corrected chi connectivity index (χ3v) is 4.30. The number of rotatable bonds is 6. The maximum absolute atomic E-state index is 9.10. The van der Waals surface area contributed by atoms with E-state index in [1.54, 1.807) is 0 Å². The molecule has 2 heterocycles. The van der Waals surface area contributed by atoms with Gasteiger partial charge in [0.1, 0.15) is 0 Å². The molecule has 2 aromatic rings. The van der Waals surface area contributed by atoms with Crippen molar-refractivity contribution in [2.24, 2.45) is 0 Å². The Morgan fingerprint density at radius 2 is 2.38 bits per heavy atom. The third-order valence-electron chi connectivity index (χ3n) is 4.30. The van der Waals surface area contributed by atoms with Crippen molar-refractivity contribution in [1.29, 1.82) is 0 Å². The average Bonchev–Trinajstić information content (AvgIpc) is 3.13. The van der Waals surface area contributed by atoms with Crippen molar-refractivity contribution in [2.75, 3.05) is 6.61 Å². The molecule has 1 atom stereocenters. The van der Waals surface area contributed by atoms with Gasteiger partial charge in [-0.1, -0.05) is 0 Å². The van der Waals surface area contributed by atoms with Gasteiger partial charge in [-0.2, -0.15) is 5.10 Å². The van der Waals surface area contributed by atoms with Gasteiger partial charge < -0.3 is 15.0 Å². The molecule has 0 aliphatic heterocycles. The molecule has 3 rings (SSSR count). The topological polar surface area (TPSA) is 55.0 Å². The van der Waals surface area contributed by atoms with Crippen LogP contribution in [0.2, 0.25) is 0 Å². The summed E-state index contributed by atoms with van der Waals surface area (Å²) in [7, 11) is 0. The predicted molar refractivity (Wildman–Crippen MR) is 81.9 cm³/mol. The number of nitrogens with one attached hydrogen (secondary N) is 1. The largest absolute Gasteiger partial charge is 0.394 e. The molecule has 0 saturated heterocycles. The summed E-state index contributed by atoms with van der Waals surface area (Å²) < 4.78 is 4.15. The lowest BCUT2D eigenvalue weighted by atomic mass is 9.93. The molecule has 21 heavy (non-hydrogen) atoms. The minimum absolute atomic E-state index is 0.150. The molecule has 0 spiro atoms. The SMILES string of the molecule is CCn1ccc(CNC2CCCc3c2cnn3CCO)c1. The van der Waals surface area contributed by atoms with Gasteiger partial charge in [0.05, 0.1) is 19.3 Å². The highest BCUT2D eigenvalue weighted by Crippen LogP contribution is 2.29. The molecule has 2 N–H and O–H groups in total. The Kier molecular flexibility index (Phi) is 4.41. The summed E-state index contributed by atoms with van der Waals surface area (Å²) >= 11 is 0. The van der Waals surface area contributed by atoms with Gasteiger partial charge in [0.2, 0.25) is 0 Å². The van der Waals surface area contributed by atoms with Gasteiger partial charge >= 0.3 is 0 Å². The van der Waals surface area contributed by atoms with Gasteiger partial charge in [0, 0.05) is 42.8 Å². The van der Waals surface area contributed by atoms with Crippen LogP contribution in [0.1, 0.15) is 42.6 Å². The second-order valence-corrected chi connectivity index (χ2v) is 5.67. The van der Waals surface area contributed by atoms with Crippen LogP contribution >= 0.6 is 0 Å². The van der Waals surface area contributed by atoms with Crippen molar-refractivity contribution < 1.29 is 5.11 Å². The van der Waals surface area contributed by atoms with Crippen molar-refractivity contribution in [3.63, 3.8) is 0 Å². The fourth-order valence-electron chi connectivity index (χ4n) is 3.15. The Bertz CT molecular complexity index is 587. The molecular weight excluding hydrogens is 264 g/mol.